The van der Waals surface area contributed by atoms with Gasteiger partial charge in [-0.1, -0.05) is 31.2 Å². The molecule has 0 aliphatic rings. The van der Waals surface area contributed by atoms with Crippen molar-refractivity contribution in [2.45, 2.75) is 26.4 Å². The van der Waals surface area contributed by atoms with E-state index >= 15 is 0 Å². The normalized spacial score (nSPS) is 10.6. The lowest BCUT2D eigenvalue weighted by atomic mass is 10.1. The van der Waals surface area contributed by atoms with E-state index in [0.717, 1.165) is 23.3 Å². The number of hydrogen-bond acceptors (Lipinski definition) is 3. The number of aryl methyl sites for hydroxylation is 1. The Labute approximate surface area is 119 Å². The monoisotopic (exact) mass is 272 g/mol. The molecule has 0 fully saturated rings. The Balaban J connectivity index is 2.02. The molecule has 0 radical (unpaired) electrons. The molecule has 0 aliphatic heterocycles. The summed E-state index contributed by atoms with van der Waals surface area (Å²) in [5.74, 6) is 1.12. The van der Waals surface area contributed by atoms with Crippen LogP contribution in [0.3, 0.4) is 0 Å². The van der Waals surface area contributed by atoms with E-state index in [4.69, 9.17) is 10.2 Å². The van der Waals surface area contributed by atoms with Crippen molar-refractivity contribution in [2.24, 2.45) is 5.73 Å². The molecular formula is C16H20N2O2. The van der Waals surface area contributed by atoms with Gasteiger partial charge in [0.05, 0.1) is 0 Å². The van der Waals surface area contributed by atoms with Gasteiger partial charge >= 0.3 is 0 Å². The fourth-order valence-electron chi connectivity index (χ4n) is 2.00. The maximum Gasteiger partial charge on any atom is 0.289 e. The fourth-order valence-corrected chi connectivity index (χ4v) is 2.00. The van der Waals surface area contributed by atoms with Crippen molar-refractivity contribution in [3.63, 3.8) is 0 Å². The maximum atomic E-state index is 12.2. The molecule has 106 valence electrons. The molecule has 2 N–H and O–H groups in total. The summed E-state index contributed by atoms with van der Waals surface area (Å²) >= 11 is 0. The van der Waals surface area contributed by atoms with Gasteiger partial charge in [0.15, 0.2) is 5.76 Å². The number of carbonyl (C=O) groups excluding carboxylic acids is 1. The Hall–Kier alpha value is -2.07. The quantitative estimate of drug-likeness (QED) is 0.910. The summed E-state index contributed by atoms with van der Waals surface area (Å²) in [6.07, 6.45) is 0.789. The van der Waals surface area contributed by atoms with E-state index in [1.54, 1.807) is 18.0 Å². The van der Waals surface area contributed by atoms with Crippen molar-refractivity contribution >= 4 is 5.91 Å². The van der Waals surface area contributed by atoms with Crippen LogP contribution in [0.2, 0.25) is 0 Å². The molecule has 1 amide bonds. The molecule has 4 heteroatoms. The largest absolute Gasteiger partial charge is 0.456 e. The third kappa shape index (κ3) is 3.27. The molecule has 2 aromatic rings. The van der Waals surface area contributed by atoms with E-state index in [1.807, 2.05) is 37.3 Å². The Morgan fingerprint density at radius 2 is 1.80 bits per heavy atom. The molecule has 1 heterocycles. The second-order valence-electron chi connectivity index (χ2n) is 4.80. The van der Waals surface area contributed by atoms with Crippen LogP contribution in [0.5, 0.6) is 0 Å². The molecule has 0 saturated heterocycles. The SMILES string of the molecule is CCc1ccc(C(=O)N(C)Cc2ccc(CN)cc2)o1. The van der Waals surface area contributed by atoms with Gasteiger partial charge in [-0.25, -0.2) is 0 Å². The maximum absolute atomic E-state index is 12.2. The van der Waals surface area contributed by atoms with Crippen LogP contribution in [0.4, 0.5) is 0 Å². The Morgan fingerprint density at radius 1 is 1.15 bits per heavy atom. The standard InChI is InChI=1S/C16H20N2O2/c1-3-14-8-9-15(20-14)16(19)18(2)11-13-6-4-12(10-17)5-7-13/h4-9H,3,10-11,17H2,1-2H3. The molecule has 2 rings (SSSR count). The molecule has 0 aliphatic carbocycles. The summed E-state index contributed by atoms with van der Waals surface area (Å²) in [6, 6.07) is 11.5. The first kappa shape index (κ1) is 14.3. The highest BCUT2D eigenvalue weighted by atomic mass is 16.4. The van der Waals surface area contributed by atoms with E-state index < -0.39 is 0 Å². The van der Waals surface area contributed by atoms with Crippen molar-refractivity contribution < 1.29 is 9.21 Å². The van der Waals surface area contributed by atoms with Gasteiger partial charge in [-0.2, -0.15) is 0 Å². The molecule has 4 nitrogen and oxygen atoms in total. The first-order valence-electron chi connectivity index (χ1n) is 6.76. The zero-order chi connectivity index (χ0) is 14.5. The van der Waals surface area contributed by atoms with Crippen LogP contribution in [0, 0.1) is 0 Å². The van der Waals surface area contributed by atoms with Gasteiger partial charge in [-0.05, 0) is 23.3 Å². The van der Waals surface area contributed by atoms with Crippen molar-refractivity contribution in [3.8, 4) is 0 Å². The molecular weight excluding hydrogens is 252 g/mol. The number of hydrogen-bond donors (Lipinski definition) is 1. The van der Waals surface area contributed by atoms with E-state index in [0.29, 0.717) is 18.8 Å². The van der Waals surface area contributed by atoms with Gasteiger partial charge < -0.3 is 15.1 Å². The zero-order valence-corrected chi connectivity index (χ0v) is 11.9. The second kappa shape index (κ2) is 6.39. The van der Waals surface area contributed by atoms with Crippen LogP contribution in [-0.2, 0) is 19.5 Å². The minimum Gasteiger partial charge on any atom is -0.456 e. The Morgan fingerprint density at radius 3 is 2.35 bits per heavy atom. The number of benzene rings is 1. The fraction of sp³-hybridized carbons (Fsp3) is 0.312. The van der Waals surface area contributed by atoms with Gasteiger partial charge in [0.1, 0.15) is 5.76 Å². The van der Waals surface area contributed by atoms with Crippen LogP contribution >= 0.6 is 0 Å². The van der Waals surface area contributed by atoms with Crippen molar-refractivity contribution in [3.05, 3.63) is 59.0 Å². The molecule has 1 aromatic carbocycles. The van der Waals surface area contributed by atoms with Crippen LogP contribution in [0.25, 0.3) is 0 Å². The zero-order valence-electron chi connectivity index (χ0n) is 11.9. The minimum atomic E-state index is -0.104. The summed E-state index contributed by atoms with van der Waals surface area (Å²) in [5.41, 5.74) is 7.72. The highest BCUT2D eigenvalue weighted by Gasteiger charge is 2.15. The molecule has 1 aromatic heterocycles. The van der Waals surface area contributed by atoms with Gasteiger partial charge in [0.25, 0.3) is 5.91 Å². The number of nitrogens with zero attached hydrogens (tertiary/aromatic N) is 1. The summed E-state index contributed by atoms with van der Waals surface area (Å²) in [5, 5.41) is 0. The van der Waals surface area contributed by atoms with Crippen LogP contribution in [-0.4, -0.2) is 17.9 Å². The molecule has 0 atom stereocenters. The number of rotatable bonds is 5. The van der Waals surface area contributed by atoms with Gasteiger partial charge in [-0.15, -0.1) is 0 Å². The minimum absolute atomic E-state index is 0.104. The predicted octanol–water partition coefficient (Wildman–Crippen LogP) is 2.57. The lowest BCUT2D eigenvalue weighted by molar-refractivity contribution is 0.0751. The lowest BCUT2D eigenvalue weighted by Crippen LogP contribution is -2.25. The number of carbonyl (C=O) groups is 1. The molecule has 0 unspecified atom stereocenters. The summed E-state index contributed by atoms with van der Waals surface area (Å²) in [6.45, 7) is 3.07. The van der Waals surface area contributed by atoms with E-state index in [2.05, 4.69) is 0 Å². The number of amides is 1. The Kier molecular flexibility index (Phi) is 4.58. The summed E-state index contributed by atoms with van der Waals surface area (Å²) < 4.78 is 5.48. The molecule has 0 spiro atoms. The average Bonchev–Trinajstić information content (AvgIpc) is 2.96. The van der Waals surface area contributed by atoms with Gasteiger partial charge in [0.2, 0.25) is 0 Å². The third-order valence-corrected chi connectivity index (χ3v) is 3.25. The van der Waals surface area contributed by atoms with Crippen LogP contribution < -0.4 is 5.73 Å². The van der Waals surface area contributed by atoms with Gasteiger partial charge in [-0.3, -0.25) is 4.79 Å². The number of furan rings is 1. The highest BCUT2D eigenvalue weighted by Crippen LogP contribution is 2.13. The van der Waals surface area contributed by atoms with Crippen molar-refractivity contribution in [1.82, 2.24) is 4.90 Å². The highest BCUT2D eigenvalue weighted by molar-refractivity contribution is 5.91. The van der Waals surface area contributed by atoms with Crippen molar-refractivity contribution in [1.29, 1.82) is 0 Å². The molecule has 0 bridgehead atoms. The first-order chi connectivity index (χ1) is 9.63. The molecule has 20 heavy (non-hydrogen) atoms. The topological polar surface area (TPSA) is 59.5 Å². The number of nitrogens with two attached hydrogens (primary N) is 1. The van der Waals surface area contributed by atoms with E-state index in [1.165, 1.54) is 0 Å². The van der Waals surface area contributed by atoms with Gasteiger partial charge in [0, 0.05) is 26.6 Å². The predicted molar refractivity (Wildman–Crippen MR) is 78.2 cm³/mol. The summed E-state index contributed by atoms with van der Waals surface area (Å²) in [7, 11) is 1.77. The first-order valence-corrected chi connectivity index (χ1v) is 6.76. The Bertz CT molecular complexity index is 572. The van der Waals surface area contributed by atoms with Crippen LogP contribution in [0.15, 0.2) is 40.8 Å². The van der Waals surface area contributed by atoms with E-state index in [9.17, 15) is 4.79 Å². The average molecular weight is 272 g/mol. The second-order valence-corrected chi connectivity index (χ2v) is 4.80. The third-order valence-electron chi connectivity index (χ3n) is 3.25. The smallest absolute Gasteiger partial charge is 0.289 e. The van der Waals surface area contributed by atoms with Crippen LogP contribution in [0.1, 0.15) is 34.4 Å². The molecule has 0 saturated carbocycles. The summed E-state index contributed by atoms with van der Waals surface area (Å²) in [4.78, 5) is 13.9. The lowest BCUT2D eigenvalue weighted by Gasteiger charge is -2.16. The van der Waals surface area contributed by atoms with Crippen molar-refractivity contribution in [2.75, 3.05) is 7.05 Å². The van der Waals surface area contributed by atoms with E-state index in [-0.39, 0.29) is 5.91 Å².